The van der Waals surface area contributed by atoms with Gasteiger partial charge in [-0.25, -0.2) is 4.79 Å². The van der Waals surface area contributed by atoms with Gasteiger partial charge in [0.25, 0.3) is 5.91 Å². The van der Waals surface area contributed by atoms with Crippen LogP contribution in [-0.2, 0) is 17.8 Å². The number of amides is 3. The number of benzene rings is 1. The maximum absolute atomic E-state index is 13.6. The number of hydrogen-bond donors (Lipinski definition) is 2. The third-order valence-electron chi connectivity index (χ3n) is 6.16. The summed E-state index contributed by atoms with van der Waals surface area (Å²) in [6.45, 7) is 1.99. The summed E-state index contributed by atoms with van der Waals surface area (Å²) < 4.78 is 0. The summed E-state index contributed by atoms with van der Waals surface area (Å²) in [7, 11) is 0. The number of hydrogen-bond acceptors (Lipinski definition) is 4. The van der Waals surface area contributed by atoms with E-state index in [-0.39, 0.29) is 24.4 Å². The fraction of sp³-hybridized carbons (Fsp3) is 0.435. The number of urea groups is 1. The molecule has 29 heavy (non-hydrogen) atoms. The van der Waals surface area contributed by atoms with Gasteiger partial charge in [-0.1, -0.05) is 36.4 Å². The van der Waals surface area contributed by atoms with Crippen LogP contribution in [0.3, 0.4) is 0 Å². The second-order valence-corrected chi connectivity index (χ2v) is 7.98. The van der Waals surface area contributed by atoms with Crippen LogP contribution in [0.15, 0.2) is 54.7 Å². The van der Waals surface area contributed by atoms with Crippen LogP contribution < -0.4 is 10.6 Å². The van der Waals surface area contributed by atoms with Gasteiger partial charge in [0.05, 0.1) is 12.2 Å². The number of aromatic nitrogens is 1. The number of pyridine rings is 1. The highest BCUT2D eigenvalue weighted by atomic mass is 16.2. The number of nitrogens with one attached hydrogen (secondary N) is 2. The molecule has 2 N–H and O–H groups in total. The third-order valence-corrected chi connectivity index (χ3v) is 6.16. The molecule has 4 rings (SSSR count). The van der Waals surface area contributed by atoms with Crippen molar-refractivity contribution in [1.29, 1.82) is 0 Å². The van der Waals surface area contributed by atoms with Gasteiger partial charge in [-0.15, -0.1) is 0 Å². The topological polar surface area (TPSA) is 74.3 Å². The molecule has 1 aromatic carbocycles. The van der Waals surface area contributed by atoms with Crippen molar-refractivity contribution < 1.29 is 9.59 Å². The van der Waals surface area contributed by atoms with Crippen molar-refractivity contribution in [2.45, 2.75) is 44.2 Å². The van der Waals surface area contributed by atoms with Crippen molar-refractivity contribution in [2.75, 3.05) is 13.1 Å². The Balaban J connectivity index is 1.53. The fourth-order valence-electron chi connectivity index (χ4n) is 4.62. The van der Waals surface area contributed by atoms with Gasteiger partial charge in [-0.3, -0.25) is 14.7 Å². The maximum Gasteiger partial charge on any atom is 0.325 e. The van der Waals surface area contributed by atoms with E-state index in [0.29, 0.717) is 6.42 Å². The maximum atomic E-state index is 13.6. The zero-order chi connectivity index (χ0) is 20.1. The number of rotatable bonds is 7. The van der Waals surface area contributed by atoms with E-state index >= 15 is 0 Å². The van der Waals surface area contributed by atoms with E-state index in [1.165, 1.54) is 10.5 Å². The smallest absolute Gasteiger partial charge is 0.323 e. The van der Waals surface area contributed by atoms with E-state index in [4.69, 9.17) is 0 Å². The molecular weight excluding hydrogens is 364 g/mol. The number of piperidine rings is 1. The van der Waals surface area contributed by atoms with Crippen LogP contribution in [0.25, 0.3) is 0 Å². The SMILES string of the molecule is O=C1NC(CCCc2ccccc2)(C2CCNCC2)C(=O)N1Cc1ccccn1. The minimum Gasteiger partial charge on any atom is -0.323 e. The molecule has 2 aliphatic rings. The Hall–Kier alpha value is -2.73. The lowest BCUT2D eigenvalue weighted by Gasteiger charge is -2.38. The molecule has 2 aliphatic heterocycles. The molecule has 3 heterocycles. The minimum atomic E-state index is -0.803. The molecule has 2 saturated heterocycles. The molecule has 3 amide bonds. The summed E-state index contributed by atoms with van der Waals surface area (Å²) in [6, 6.07) is 15.6. The molecule has 1 atom stereocenters. The number of carbonyl (C=O) groups is 2. The molecule has 1 unspecified atom stereocenters. The Labute approximate surface area is 171 Å². The zero-order valence-electron chi connectivity index (χ0n) is 16.6. The lowest BCUT2D eigenvalue weighted by atomic mass is 9.74. The van der Waals surface area contributed by atoms with Crippen LogP contribution in [0.1, 0.15) is 36.9 Å². The number of imide groups is 1. The monoisotopic (exact) mass is 392 g/mol. The molecule has 6 heteroatoms. The number of carbonyl (C=O) groups excluding carboxylic acids is 2. The van der Waals surface area contributed by atoms with Crippen LogP contribution in [0.4, 0.5) is 4.79 Å². The first-order chi connectivity index (χ1) is 14.2. The third kappa shape index (κ3) is 4.17. The van der Waals surface area contributed by atoms with E-state index in [1.807, 2.05) is 36.4 Å². The summed E-state index contributed by atoms with van der Waals surface area (Å²) in [5, 5.41) is 6.49. The highest BCUT2D eigenvalue weighted by molar-refractivity contribution is 6.07. The fourth-order valence-corrected chi connectivity index (χ4v) is 4.62. The van der Waals surface area contributed by atoms with Crippen LogP contribution >= 0.6 is 0 Å². The summed E-state index contributed by atoms with van der Waals surface area (Å²) in [5.74, 6) is 0.0674. The summed E-state index contributed by atoms with van der Waals surface area (Å²) in [5.41, 5.74) is 1.18. The molecule has 0 spiro atoms. The lowest BCUT2D eigenvalue weighted by Crippen LogP contribution is -2.55. The van der Waals surface area contributed by atoms with Gasteiger partial charge < -0.3 is 10.6 Å². The van der Waals surface area contributed by atoms with E-state index in [9.17, 15) is 9.59 Å². The highest BCUT2D eigenvalue weighted by Crippen LogP contribution is 2.36. The largest absolute Gasteiger partial charge is 0.325 e. The van der Waals surface area contributed by atoms with Crippen LogP contribution in [-0.4, -0.2) is 40.5 Å². The van der Waals surface area contributed by atoms with Crippen molar-refractivity contribution in [3.8, 4) is 0 Å². The predicted octanol–water partition coefficient (Wildman–Crippen LogP) is 2.89. The Bertz CT molecular complexity index is 836. The Morgan fingerprint density at radius 3 is 2.52 bits per heavy atom. The molecule has 0 aliphatic carbocycles. The average Bonchev–Trinajstić information content (AvgIpc) is 3.01. The Morgan fingerprint density at radius 1 is 1.03 bits per heavy atom. The van der Waals surface area contributed by atoms with Gasteiger partial charge in [0.2, 0.25) is 0 Å². The first-order valence-electron chi connectivity index (χ1n) is 10.5. The van der Waals surface area contributed by atoms with Crippen molar-refractivity contribution in [2.24, 2.45) is 5.92 Å². The predicted molar refractivity (Wildman–Crippen MR) is 111 cm³/mol. The highest BCUT2D eigenvalue weighted by Gasteiger charge is 2.55. The second kappa shape index (κ2) is 8.74. The van der Waals surface area contributed by atoms with Crippen LogP contribution in [0.5, 0.6) is 0 Å². The van der Waals surface area contributed by atoms with Gasteiger partial charge in [-0.05, 0) is 68.8 Å². The van der Waals surface area contributed by atoms with Gasteiger partial charge >= 0.3 is 6.03 Å². The van der Waals surface area contributed by atoms with Crippen molar-refractivity contribution in [3.63, 3.8) is 0 Å². The standard InChI is InChI=1S/C23H28N4O2/c28-21-23(19-11-15-24-16-12-19,13-6-9-18-7-2-1-3-8-18)26-22(29)27(21)17-20-10-4-5-14-25-20/h1-5,7-8,10,14,19,24H,6,9,11-13,15-17H2,(H,26,29). The number of aryl methyl sites for hydroxylation is 1. The van der Waals surface area contributed by atoms with E-state index in [1.54, 1.807) is 6.20 Å². The Morgan fingerprint density at radius 2 is 1.79 bits per heavy atom. The van der Waals surface area contributed by atoms with Crippen molar-refractivity contribution in [3.05, 3.63) is 66.0 Å². The normalized spacial score (nSPS) is 22.7. The summed E-state index contributed by atoms with van der Waals surface area (Å²) in [4.78, 5) is 32.1. The van der Waals surface area contributed by atoms with Gasteiger partial charge in [0, 0.05) is 6.20 Å². The van der Waals surface area contributed by atoms with Crippen LogP contribution in [0.2, 0.25) is 0 Å². The second-order valence-electron chi connectivity index (χ2n) is 7.98. The molecule has 0 radical (unpaired) electrons. The summed E-state index contributed by atoms with van der Waals surface area (Å²) >= 11 is 0. The molecule has 6 nitrogen and oxygen atoms in total. The molecular formula is C23H28N4O2. The van der Waals surface area contributed by atoms with Crippen LogP contribution in [0, 0.1) is 5.92 Å². The van der Waals surface area contributed by atoms with Crippen molar-refractivity contribution in [1.82, 2.24) is 20.5 Å². The van der Waals surface area contributed by atoms with Gasteiger partial charge in [0.15, 0.2) is 0 Å². The van der Waals surface area contributed by atoms with Crippen molar-refractivity contribution >= 4 is 11.9 Å². The van der Waals surface area contributed by atoms with Gasteiger partial charge in [0.1, 0.15) is 5.54 Å². The first-order valence-corrected chi connectivity index (χ1v) is 10.5. The molecule has 2 aromatic rings. The molecule has 0 saturated carbocycles. The average molecular weight is 393 g/mol. The van der Waals surface area contributed by atoms with E-state index < -0.39 is 5.54 Å². The minimum absolute atomic E-state index is 0.0897. The zero-order valence-corrected chi connectivity index (χ0v) is 16.6. The molecule has 152 valence electrons. The molecule has 2 fully saturated rings. The lowest BCUT2D eigenvalue weighted by molar-refractivity contribution is -0.134. The molecule has 0 bridgehead atoms. The van der Waals surface area contributed by atoms with E-state index in [2.05, 4.69) is 27.8 Å². The Kier molecular flexibility index (Phi) is 5.90. The van der Waals surface area contributed by atoms with E-state index in [0.717, 1.165) is 44.5 Å². The molecule has 1 aromatic heterocycles. The quantitative estimate of drug-likeness (QED) is 0.711. The van der Waals surface area contributed by atoms with Gasteiger partial charge in [-0.2, -0.15) is 0 Å². The summed E-state index contributed by atoms with van der Waals surface area (Å²) in [6.07, 6.45) is 5.90. The first kappa shape index (κ1) is 19.6. The number of nitrogens with zero attached hydrogens (tertiary/aromatic N) is 2.